The largest absolute Gasteiger partial charge is 0.126 e. The summed E-state index contributed by atoms with van der Waals surface area (Å²) in [7, 11) is 0. The third-order valence-corrected chi connectivity index (χ3v) is 2.27. The Morgan fingerprint density at radius 2 is 2.17 bits per heavy atom. The van der Waals surface area contributed by atoms with Crippen LogP contribution in [0.15, 0.2) is 11.6 Å². The normalized spacial score (nSPS) is 14.8. The van der Waals surface area contributed by atoms with E-state index in [-0.39, 0.29) is 0 Å². The van der Waals surface area contributed by atoms with E-state index in [4.69, 9.17) is 11.6 Å². The van der Waals surface area contributed by atoms with Crippen LogP contribution in [0, 0.1) is 5.92 Å². The predicted octanol–water partition coefficient (Wildman–Crippen LogP) is 4.39. The molecule has 0 amide bonds. The quantitative estimate of drug-likeness (QED) is 0.429. The SMILES string of the molecule is CCCC(C)CC(C)=CCCCl. The lowest BCUT2D eigenvalue weighted by molar-refractivity contribution is 0.519. The summed E-state index contributed by atoms with van der Waals surface area (Å²) in [5.74, 6) is 1.58. The first-order chi connectivity index (χ1) is 5.70. The van der Waals surface area contributed by atoms with Crippen LogP contribution in [0.25, 0.3) is 0 Å². The van der Waals surface area contributed by atoms with Gasteiger partial charge in [0.05, 0.1) is 0 Å². The molecule has 0 spiro atoms. The highest BCUT2D eigenvalue weighted by molar-refractivity contribution is 6.17. The van der Waals surface area contributed by atoms with Gasteiger partial charge >= 0.3 is 0 Å². The minimum absolute atomic E-state index is 0.750. The molecule has 72 valence electrons. The lowest BCUT2D eigenvalue weighted by atomic mass is 9.97. The average Bonchev–Trinajstić information content (AvgIpc) is 2.01. The molecule has 0 heterocycles. The first-order valence-electron chi connectivity index (χ1n) is 4.92. The van der Waals surface area contributed by atoms with E-state index in [9.17, 15) is 0 Å². The van der Waals surface area contributed by atoms with Gasteiger partial charge in [-0.05, 0) is 25.7 Å². The molecule has 0 aromatic carbocycles. The summed E-state index contributed by atoms with van der Waals surface area (Å²) in [6.07, 6.45) is 7.16. The molecule has 1 heteroatoms. The van der Waals surface area contributed by atoms with Crippen molar-refractivity contribution in [3.8, 4) is 0 Å². The van der Waals surface area contributed by atoms with Gasteiger partial charge in [0.15, 0.2) is 0 Å². The molecule has 0 radical (unpaired) electrons. The third kappa shape index (κ3) is 6.72. The van der Waals surface area contributed by atoms with Gasteiger partial charge in [0, 0.05) is 5.88 Å². The Hall–Kier alpha value is 0.0300. The zero-order valence-electron chi connectivity index (χ0n) is 8.57. The van der Waals surface area contributed by atoms with Crippen molar-refractivity contribution in [2.24, 2.45) is 5.92 Å². The van der Waals surface area contributed by atoms with Crippen LogP contribution in [0.1, 0.15) is 46.5 Å². The molecule has 0 N–H and O–H groups in total. The van der Waals surface area contributed by atoms with Crippen LogP contribution in [0.2, 0.25) is 0 Å². The van der Waals surface area contributed by atoms with E-state index >= 15 is 0 Å². The summed E-state index contributed by atoms with van der Waals surface area (Å²) >= 11 is 5.60. The fourth-order valence-electron chi connectivity index (χ4n) is 1.53. The van der Waals surface area contributed by atoms with Gasteiger partial charge in [-0.1, -0.05) is 38.3 Å². The van der Waals surface area contributed by atoms with Gasteiger partial charge in [-0.25, -0.2) is 0 Å². The highest BCUT2D eigenvalue weighted by atomic mass is 35.5. The van der Waals surface area contributed by atoms with Crippen LogP contribution in [0.4, 0.5) is 0 Å². The van der Waals surface area contributed by atoms with Crippen molar-refractivity contribution in [1.82, 2.24) is 0 Å². The van der Waals surface area contributed by atoms with E-state index in [0.29, 0.717) is 0 Å². The van der Waals surface area contributed by atoms with Crippen LogP contribution in [0.5, 0.6) is 0 Å². The molecule has 0 rings (SSSR count). The van der Waals surface area contributed by atoms with Crippen molar-refractivity contribution in [3.63, 3.8) is 0 Å². The van der Waals surface area contributed by atoms with Crippen LogP contribution < -0.4 is 0 Å². The molecule has 0 aromatic heterocycles. The smallest absolute Gasteiger partial charge is 0.0258 e. The summed E-state index contributed by atoms with van der Waals surface area (Å²) in [5.41, 5.74) is 1.50. The Morgan fingerprint density at radius 3 is 2.67 bits per heavy atom. The van der Waals surface area contributed by atoms with Crippen molar-refractivity contribution in [2.75, 3.05) is 5.88 Å². The molecule has 0 saturated carbocycles. The van der Waals surface area contributed by atoms with Gasteiger partial charge in [0.2, 0.25) is 0 Å². The van der Waals surface area contributed by atoms with E-state index < -0.39 is 0 Å². The molecule has 0 aliphatic rings. The molecule has 0 bridgehead atoms. The summed E-state index contributed by atoms with van der Waals surface area (Å²) in [6.45, 7) is 6.77. The molecule has 1 atom stereocenters. The maximum Gasteiger partial charge on any atom is 0.0258 e. The topological polar surface area (TPSA) is 0 Å². The monoisotopic (exact) mass is 188 g/mol. The number of rotatable bonds is 6. The second-order valence-corrected chi connectivity index (χ2v) is 4.00. The second-order valence-electron chi connectivity index (χ2n) is 3.63. The molecule has 0 fully saturated rings. The Bertz CT molecular complexity index is 127. The lowest BCUT2D eigenvalue weighted by Crippen LogP contribution is -1.94. The van der Waals surface area contributed by atoms with Crippen molar-refractivity contribution in [3.05, 3.63) is 11.6 Å². The number of halogens is 1. The Kier molecular flexibility index (Phi) is 7.69. The van der Waals surface area contributed by atoms with Crippen LogP contribution in [-0.2, 0) is 0 Å². The number of hydrogen-bond donors (Lipinski definition) is 0. The Balaban J connectivity index is 3.59. The van der Waals surface area contributed by atoms with E-state index in [1.54, 1.807) is 0 Å². The number of alkyl halides is 1. The minimum Gasteiger partial charge on any atom is -0.126 e. The second kappa shape index (κ2) is 7.67. The zero-order valence-corrected chi connectivity index (χ0v) is 9.32. The molecule has 0 nitrogen and oxygen atoms in total. The Morgan fingerprint density at radius 1 is 1.50 bits per heavy atom. The zero-order chi connectivity index (χ0) is 9.40. The summed E-state index contributed by atoms with van der Waals surface area (Å²) in [4.78, 5) is 0. The third-order valence-electron chi connectivity index (χ3n) is 2.05. The van der Waals surface area contributed by atoms with Crippen molar-refractivity contribution < 1.29 is 0 Å². The maximum absolute atomic E-state index is 5.60. The molecular weight excluding hydrogens is 168 g/mol. The van der Waals surface area contributed by atoms with E-state index in [2.05, 4.69) is 26.8 Å². The molecule has 1 unspecified atom stereocenters. The standard InChI is InChI=1S/C11H21Cl/c1-4-6-10(2)9-11(3)7-5-8-12/h7,10H,4-6,8-9H2,1-3H3. The van der Waals surface area contributed by atoms with Crippen LogP contribution >= 0.6 is 11.6 Å². The van der Waals surface area contributed by atoms with E-state index in [1.807, 2.05) is 0 Å². The first kappa shape index (κ1) is 12.0. The fraction of sp³-hybridized carbons (Fsp3) is 0.818. The lowest BCUT2D eigenvalue weighted by Gasteiger charge is -2.09. The fourth-order valence-corrected chi connectivity index (χ4v) is 1.64. The highest BCUT2D eigenvalue weighted by Crippen LogP contribution is 2.16. The van der Waals surface area contributed by atoms with Gasteiger partial charge in [-0.2, -0.15) is 0 Å². The van der Waals surface area contributed by atoms with E-state index in [1.165, 1.54) is 24.8 Å². The molecule has 0 aliphatic heterocycles. The van der Waals surface area contributed by atoms with Crippen molar-refractivity contribution >= 4 is 11.6 Å². The van der Waals surface area contributed by atoms with Gasteiger partial charge in [-0.3, -0.25) is 0 Å². The average molecular weight is 189 g/mol. The van der Waals surface area contributed by atoms with Crippen molar-refractivity contribution in [2.45, 2.75) is 46.5 Å². The van der Waals surface area contributed by atoms with Gasteiger partial charge in [0.25, 0.3) is 0 Å². The summed E-state index contributed by atoms with van der Waals surface area (Å²) < 4.78 is 0. The number of hydrogen-bond acceptors (Lipinski definition) is 0. The van der Waals surface area contributed by atoms with Gasteiger partial charge in [-0.15, -0.1) is 11.6 Å². The molecule has 0 aromatic rings. The van der Waals surface area contributed by atoms with Crippen molar-refractivity contribution in [1.29, 1.82) is 0 Å². The maximum atomic E-state index is 5.60. The van der Waals surface area contributed by atoms with E-state index in [0.717, 1.165) is 18.2 Å². The number of allylic oxidation sites excluding steroid dienone is 2. The molecule has 0 saturated heterocycles. The van der Waals surface area contributed by atoms with Crippen LogP contribution in [0.3, 0.4) is 0 Å². The molecule has 0 aliphatic carbocycles. The molecule has 12 heavy (non-hydrogen) atoms. The summed E-state index contributed by atoms with van der Waals surface area (Å²) in [6, 6.07) is 0. The Labute approximate surface area is 82.0 Å². The first-order valence-corrected chi connectivity index (χ1v) is 5.45. The minimum atomic E-state index is 0.750. The highest BCUT2D eigenvalue weighted by Gasteiger charge is 2.00. The summed E-state index contributed by atoms with van der Waals surface area (Å²) in [5, 5.41) is 0. The van der Waals surface area contributed by atoms with Crippen LogP contribution in [-0.4, -0.2) is 5.88 Å². The van der Waals surface area contributed by atoms with Gasteiger partial charge < -0.3 is 0 Å². The molecular formula is C11H21Cl. The predicted molar refractivity (Wildman–Crippen MR) is 57.8 cm³/mol. The van der Waals surface area contributed by atoms with Gasteiger partial charge in [0.1, 0.15) is 0 Å².